The van der Waals surface area contributed by atoms with Crippen LogP contribution in [-0.4, -0.2) is 24.9 Å². The molecule has 0 bridgehead atoms. The molecule has 0 aliphatic carbocycles. The van der Waals surface area contributed by atoms with Crippen LogP contribution in [0.4, 0.5) is 0 Å². The molecule has 0 unspecified atom stereocenters. The molecule has 6 heteroatoms. The van der Waals surface area contributed by atoms with E-state index in [-0.39, 0.29) is 5.28 Å². The maximum Gasteiger partial charge on any atom is 0.222 e. The van der Waals surface area contributed by atoms with Crippen LogP contribution in [0, 0.1) is 0 Å². The maximum absolute atomic E-state index is 6.07. The molecule has 0 radical (unpaired) electrons. The van der Waals surface area contributed by atoms with Crippen LogP contribution in [0.15, 0.2) is 146 Å². The van der Waals surface area contributed by atoms with Crippen molar-refractivity contribution in [3.8, 4) is 67.7 Å². The van der Waals surface area contributed by atoms with Crippen molar-refractivity contribution in [1.82, 2.24) is 24.9 Å². The molecule has 0 saturated heterocycles. The number of hydrogen-bond acceptors (Lipinski definition) is 5. The van der Waals surface area contributed by atoms with E-state index in [1.54, 1.807) is 6.20 Å². The van der Waals surface area contributed by atoms with Crippen LogP contribution in [0.1, 0.15) is 0 Å². The van der Waals surface area contributed by atoms with Crippen molar-refractivity contribution >= 4 is 11.6 Å². The Morgan fingerprint density at radius 3 is 1.28 bits per heavy atom. The summed E-state index contributed by atoms with van der Waals surface area (Å²) in [5.74, 6) is 1.77. The van der Waals surface area contributed by atoms with Crippen molar-refractivity contribution in [3.05, 3.63) is 151 Å². The van der Waals surface area contributed by atoms with Gasteiger partial charge in [0.05, 0.1) is 5.69 Å². The minimum absolute atomic E-state index is 0.200. The van der Waals surface area contributed by atoms with Gasteiger partial charge in [-0.25, -0.2) is 24.9 Å². The highest BCUT2D eigenvalue weighted by molar-refractivity contribution is 6.28. The minimum Gasteiger partial charge on any atom is -0.226 e. The van der Waals surface area contributed by atoms with Crippen molar-refractivity contribution in [2.24, 2.45) is 0 Å². The van der Waals surface area contributed by atoms with E-state index in [1.807, 2.05) is 66.7 Å². The molecule has 5 aromatic carbocycles. The summed E-state index contributed by atoms with van der Waals surface area (Å²) in [7, 11) is 0. The van der Waals surface area contributed by atoms with Gasteiger partial charge in [0, 0.05) is 28.5 Å². The van der Waals surface area contributed by atoms with Gasteiger partial charge in [0.1, 0.15) is 0 Å². The quantitative estimate of drug-likeness (QED) is 0.185. The topological polar surface area (TPSA) is 64.5 Å². The monoisotopic (exact) mass is 573 g/mol. The van der Waals surface area contributed by atoms with Crippen molar-refractivity contribution in [3.63, 3.8) is 0 Å². The number of hydrogen-bond donors (Lipinski definition) is 0. The van der Waals surface area contributed by atoms with Crippen LogP contribution in [0.25, 0.3) is 67.7 Å². The van der Waals surface area contributed by atoms with Crippen molar-refractivity contribution < 1.29 is 0 Å². The van der Waals surface area contributed by atoms with E-state index in [0.29, 0.717) is 17.5 Å². The normalized spacial score (nSPS) is 10.9. The molecule has 0 amide bonds. The lowest BCUT2D eigenvalue weighted by Gasteiger charge is -2.10. The second-order valence-corrected chi connectivity index (χ2v) is 10.3. The fourth-order valence-corrected chi connectivity index (χ4v) is 5.11. The Kier molecular flexibility index (Phi) is 7.22. The Bertz CT molecular complexity index is 1910. The fourth-order valence-electron chi connectivity index (χ4n) is 4.96. The highest BCUT2D eigenvalue weighted by atomic mass is 35.5. The molecule has 2 aromatic heterocycles. The zero-order chi connectivity index (χ0) is 29.0. The minimum atomic E-state index is 0.200. The Morgan fingerprint density at radius 2 is 0.767 bits per heavy atom. The van der Waals surface area contributed by atoms with Crippen LogP contribution >= 0.6 is 11.6 Å². The van der Waals surface area contributed by atoms with Crippen molar-refractivity contribution in [1.29, 1.82) is 0 Å². The zero-order valence-corrected chi connectivity index (χ0v) is 23.7. The van der Waals surface area contributed by atoms with E-state index in [4.69, 9.17) is 26.6 Å². The first-order valence-corrected chi connectivity index (χ1v) is 14.2. The van der Waals surface area contributed by atoms with Gasteiger partial charge in [0.25, 0.3) is 0 Å². The summed E-state index contributed by atoms with van der Waals surface area (Å²) >= 11 is 6.07. The largest absolute Gasteiger partial charge is 0.226 e. The van der Waals surface area contributed by atoms with E-state index >= 15 is 0 Å². The van der Waals surface area contributed by atoms with Gasteiger partial charge < -0.3 is 0 Å². The third-order valence-electron chi connectivity index (χ3n) is 7.18. The van der Waals surface area contributed by atoms with Crippen molar-refractivity contribution in [2.75, 3.05) is 0 Å². The summed E-state index contributed by atoms with van der Waals surface area (Å²) in [6, 6.07) is 47.0. The molecular formula is C37H24ClN5. The SMILES string of the molecule is Clc1nccc(-c2cccc(-c3nc(-c4ccc(-c5ccccc5)cc4)nc(-c4ccc(-c5ccccc5)cc4)n3)c2)n1. The molecule has 0 aliphatic heterocycles. The number of aromatic nitrogens is 5. The average Bonchev–Trinajstić information content (AvgIpc) is 3.09. The smallest absolute Gasteiger partial charge is 0.222 e. The Balaban J connectivity index is 1.32. The van der Waals surface area contributed by atoms with Gasteiger partial charge in [-0.1, -0.05) is 127 Å². The molecule has 2 heterocycles. The molecule has 204 valence electrons. The average molecular weight is 574 g/mol. The second kappa shape index (κ2) is 11.8. The number of halogens is 1. The summed E-state index contributed by atoms with van der Waals surface area (Å²) in [6.07, 6.45) is 1.65. The standard InChI is InChI=1S/C37H24ClN5/c38-37-39-23-22-33(40-37)31-12-7-13-32(24-31)36-42-34(29-18-14-27(15-19-29)25-8-3-1-4-9-25)41-35(43-36)30-20-16-28(17-21-30)26-10-5-2-6-11-26/h1-24H. The van der Waals surface area contributed by atoms with E-state index in [0.717, 1.165) is 50.2 Å². The molecule has 0 N–H and O–H groups in total. The first-order valence-electron chi connectivity index (χ1n) is 13.9. The molecule has 7 rings (SSSR count). The Labute approximate surface area is 254 Å². The van der Waals surface area contributed by atoms with Crippen LogP contribution < -0.4 is 0 Å². The van der Waals surface area contributed by atoms with E-state index in [1.165, 1.54) is 0 Å². The van der Waals surface area contributed by atoms with Gasteiger partial charge in [-0.2, -0.15) is 0 Å². The molecule has 5 nitrogen and oxygen atoms in total. The Hall–Kier alpha value is -5.52. The van der Waals surface area contributed by atoms with Gasteiger partial charge in [0.15, 0.2) is 17.5 Å². The lowest BCUT2D eigenvalue weighted by atomic mass is 10.0. The summed E-state index contributed by atoms with van der Waals surface area (Å²) in [5.41, 5.74) is 8.86. The highest BCUT2D eigenvalue weighted by Crippen LogP contribution is 2.30. The third kappa shape index (κ3) is 5.80. The van der Waals surface area contributed by atoms with Gasteiger partial charge >= 0.3 is 0 Å². The first-order chi connectivity index (χ1) is 21.2. The lowest BCUT2D eigenvalue weighted by Crippen LogP contribution is -2.00. The van der Waals surface area contributed by atoms with Gasteiger partial charge in [-0.05, 0) is 46.0 Å². The number of benzene rings is 5. The summed E-state index contributed by atoms with van der Waals surface area (Å²) in [4.78, 5) is 23.2. The van der Waals surface area contributed by atoms with Crippen LogP contribution in [0.2, 0.25) is 5.28 Å². The molecule has 0 spiro atoms. The molecule has 0 fully saturated rings. The van der Waals surface area contributed by atoms with E-state index < -0.39 is 0 Å². The molecule has 7 aromatic rings. The second-order valence-electron chi connectivity index (χ2n) is 9.98. The third-order valence-corrected chi connectivity index (χ3v) is 7.36. The van der Waals surface area contributed by atoms with E-state index in [2.05, 4.69) is 82.8 Å². The van der Waals surface area contributed by atoms with Gasteiger partial charge in [0.2, 0.25) is 5.28 Å². The molecular weight excluding hydrogens is 550 g/mol. The zero-order valence-electron chi connectivity index (χ0n) is 23.0. The molecule has 0 atom stereocenters. The molecule has 0 aliphatic rings. The molecule has 43 heavy (non-hydrogen) atoms. The summed E-state index contributed by atoms with van der Waals surface area (Å²) in [6.45, 7) is 0. The fraction of sp³-hybridized carbons (Fsp3) is 0. The number of nitrogens with zero attached hydrogens (tertiary/aromatic N) is 5. The van der Waals surface area contributed by atoms with Crippen LogP contribution in [0.3, 0.4) is 0 Å². The molecule has 0 saturated carbocycles. The first kappa shape index (κ1) is 26.4. The Morgan fingerprint density at radius 1 is 0.349 bits per heavy atom. The van der Waals surface area contributed by atoms with Crippen LogP contribution in [-0.2, 0) is 0 Å². The summed E-state index contributed by atoms with van der Waals surface area (Å²) < 4.78 is 0. The number of rotatable bonds is 6. The van der Waals surface area contributed by atoms with Gasteiger partial charge in [-0.3, -0.25) is 0 Å². The lowest BCUT2D eigenvalue weighted by molar-refractivity contribution is 1.07. The summed E-state index contributed by atoms with van der Waals surface area (Å²) in [5, 5.41) is 0.200. The van der Waals surface area contributed by atoms with Gasteiger partial charge in [-0.15, -0.1) is 0 Å². The van der Waals surface area contributed by atoms with Crippen molar-refractivity contribution in [2.45, 2.75) is 0 Å². The van der Waals surface area contributed by atoms with Crippen LogP contribution in [0.5, 0.6) is 0 Å². The maximum atomic E-state index is 6.07. The predicted octanol–water partition coefficient (Wildman–Crippen LogP) is 9.32. The highest BCUT2D eigenvalue weighted by Gasteiger charge is 2.14. The van der Waals surface area contributed by atoms with E-state index in [9.17, 15) is 0 Å². The predicted molar refractivity (Wildman–Crippen MR) is 173 cm³/mol.